The molecule has 1 fully saturated rings. The van der Waals surface area contributed by atoms with E-state index in [0.717, 1.165) is 4.90 Å². The number of aromatic nitrogens is 1. The largest absolute Gasteiger partial charge is 0.471 e. The molecule has 22 heavy (non-hydrogen) atoms. The lowest BCUT2D eigenvalue weighted by molar-refractivity contribution is -0.186. The summed E-state index contributed by atoms with van der Waals surface area (Å²) in [4.78, 5) is 27.6. The second-order valence-corrected chi connectivity index (χ2v) is 5.19. The average Bonchev–Trinajstić information content (AvgIpc) is 2.52. The molecule has 1 aromatic heterocycles. The molecule has 1 saturated heterocycles. The summed E-state index contributed by atoms with van der Waals surface area (Å²) < 4.78 is 37.0. The summed E-state index contributed by atoms with van der Waals surface area (Å²) in [5.41, 5.74) is 0.437. The van der Waals surface area contributed by atoms with Crippen molar-refractivity contribution in [2.75, 3.05) is 19.6 Å². The third-order valence-corrected chi connectivity index (χ3v) is 3.62. The van der Waals surface area contributed by atoms with Crippen molar-refractivity contribution in [3.05, 3.63) is 30.1 Å². The van der Waals surface area contributed by atoms with Crippen LogP contribution in [0.3, 0.4) is 0 Å². The molecule has 0 radical (unpaired) electrons. The number of likely N-dealkylation sites (tertiary alicyclic amines) is 1. The van der Waals surface area contributed by atoms with Gasteiger partial charge in [0.15, 0.2) is 0 Å². The van der Waals surface area contributed by atoms with Gasteiger partial charge in [-0.1, -0.05) is 0 Å². The lowest BCUT2D eigenvalue weighted by atomic mass is 9.96. The van der Waals surface area contributed by atoms with Crippen LogP contribution in [0.2, 0.25) is 0 Å². The van der Waals surface area contributed by atoms with Gasteiger partial charge in [0.2, 0.25) is 0 Å². The molecule has 1 aromatic rings. The van der Waals surface area contributed by atoms with Crippen LogP contribution in [0.4, 0.5) is 13.2 Å². The molecule has 8 heteroatoms. The van der Waals surface area contributed by atoms with E-state index in [-0.39, 0.29) is 24.9 Å². The van der Waals surface area contributed by atoms with E-state index in [4.69, 9.17) is 0 Å². The lowest BCUT2D eigenvalue weighted by Gasteiger charge is -2.32. The number of rotatable bonds is 3. The van der Waals surface area contributed by atoms with Crippen LogP contribution < -0.4 is 5.32 Å². The third kappa shape index (κ3) is 4.19. The highest BCUT2D eigenvalue weighted by Crippen LogP contribution is 2.23. The number of piperidine rings is 1. The van der Waals surface area contributed by atoms with Crippen LogP contribution in [-0.4, -0.2) is 47.5 Å². The number of nitrogens with one attached hydrogen (secondary N) is 1. The highest BCUT2D eigenvalue weighted by molar-refractivity contribution is 5.93. The van der Waals surface area contributed by atoms with E-state index in [9.17, 15) is 22.8 Å². The van der Waals surface area contributed by atoms with Crippen molar-refractivity contribution in [2.24, 2.45) is 5.92 Å². The molecular formula is C14H16F3N3O2. The topological polar surface area (TPSA) is 62.3 Å². The minimum atomic E-state index is -4.82. The highest BCUT2D eigenvalue weighted by Gasteiger charge is 2.43. The Morgan fingerprint density at radius 2 is 2.00 bits per heavy atom. The van der Waals surface area contributed by atoms with Gasteiger partial charge in [0.25, 0.3) is 5.91 Å². The first-order valence-electron chi connectivity index (χ1n) is 6.92. The number of alkyl halides is 3. The van der Waals surface area contributed by atoms with Crippen molar-refractivity contribution >= 4 is 11.8 Å². The number of carbonyl (C=O) groups is 2. The van der Waals surface area contributed by atoms with Crippen molar-refractivity contribution in [3.63, 3.8) is 0 Å². The van der Waals surface area contributed by atoms with Gasteiger partial charge in [-0.15, -0.1) is 0 Å². The SMILES string of the molecule is O=C(NCC1CCN(C(=O)C(F)(F)F)CC1)c1cccnc1. The first kappa shape index (κ1) is 16.3. The minimum Gasteiger partial charge on any atom is -0.352 e. The molecule has 5 nitrogen and oxygen atoms in total. The molecule has 120 valence electrons. The molecule has 0 unspecified atom stereocenters. The van der Waals surface area contributed by atoms with Crippen LogP contribution in [0.25, 0.3) is 0 Å². The van der Waals surface area contributed by atoms with Crippen LogP contribution in [0, 0.1) is 5.92 Å². The third-order valence-electron chi connectivity index (χ3n) is 3.62. The Balaban J connectivity index is 1.76. The molecule has 0 spiro atoms. The molecular weight excluding hydrogens is 299 g/mol. The molecule has 0 bridgehead atoms. The van der Waals surface area contributed by atoms with E-state index >= 15 is 0 Å². The van der Waals surface area contributed by atoms with Gasteiger partial charge in [0, 0.05) is 32.0 Å². The van der Waals surface area contributed by atoms with Crippen molar-refractivity contribution < 1.29 is 22.8 Å². The second kappa shape index (κ2) is 6.76. The molecule has 2 heterocycles. The Morgan fingerprint density at radius 1 is 1.32 bits per heavy atom. The zero-order chi connectivity index (χ0) is 16.2. The Morgan fingerprint density at radius 3 is 2.55 bits per heavy atom. The van der Waals surface area contributed by atoms with E-state index in [1.54, 1.807) is 18.3 Å². The van der Waals surface area contributed by atoms with Crippen molar-refractivity contribution in [3.8, 4) is 0 Å². The summed E-state index contributed by atoms with van der Waals surface area (Å²) in [5.74, 6) is -1.98. The van der Waals surface area contributed by atoms with E-state index in [2.05, 4.69) is 10.3 Å². The van der Waals surface area contributed by atoms with Crippen molar-refractivity contribution in [1.82, 2.24) is 15.2 Å². The first-order valence-corrected chi connectivity index (χ1v) is 6.92. The normalized spacial score (nSPS) is 16.4. The fraction of sp³-hybridized carbons (Fsp3) is 0.500. The Hall–Kier alpha value is -2.12. The van der Waals surface area contributed by atoms with Gasteiger partial charge in [0.05, 0.1) is 5.56 Å². The fourth-order valence-electron chi connectivity index (χ4n) is 2.36. The molecule has 0 atom stereocenters. The van der Waals surface area contributed by atoms with Crippen molar-refractivity contribution in [2.45, 2.75) is 19.0 Å². The van der Waals surface area contributed by atoms with Crippen LogP contribution in [0.1, 0.15) is 23.2 Å². The number of pyridine rings is 1. The molecule has 1 aliphatic heterocycles. The molecule has 0 aliphatic carbocycles. The van der Waals surface area contributed by atoms with Crippen LogP contribution >= 0.6 is 0 Å². The number of carbonyl (C=O) groups excluding carboxylic acids is 2. The molecule has 1 aliphatic rings. The predicted molar refractivity (Wildman–Crippen MR) is 71.9 cm³/mol. The van der Waals surface area contributed by atoms with Gasteiger partial charge in [-0.3, -0.25) is 14.6 Å². The Bertz CT molecular complexity index is 526. The molecule has 2 rings (SSSR count). The lowest BCUT2D eigenvalue weighted by Crippen LogP contribution is -2.46. The Kier molecular flexibility index (Phi) is 4.99. The molecule has 0 aromatic carbocycles. The van der Waals surface area contributed by atoms with Crippen molar-refractivity contribution in [1.29, 1.82) is 0 Å². The summed E-state index contributed by atoms with van der Waals surface area (Å²) in [6.45, 7) is 0.499. The zero-order valence-electron chi connectivity index (χ0n) is 11.8. The fourth-order valence-corrected chi connectivity index (χ4v) is 2.36. The summed E-state index contributed by atoms with van der Waals surface area (Å²) >= 11 is 0. The van der Waals surface area contributed by atoms with Gasteiger partial charge in [-0.25, -0.2) is 0 Å². The maximum absolute atomic E-state index is 12.3. The van der Waals surface area contributed by atoms with Crippen LogP contribution in [0.5, 0.6) is 0 Å². The van der Waals surface area contributed by atoms with E-state index in [1.165, 1.54) is 6.20 Å². The van der Waals surface area contributed by atoms with Gasteiger partial charge in [0.1, 0.15) is 0 Å². The second-order valence-electron chi connectivity index (χ2n) is 5.19. The van der Waals surface area contributed by atoms with E-state index < -0.39 is 12.1 Å². The maximum atomic E-state index is 12.3. The number of halogens is 3. The summed E-state index contributed by atoms with van der Waals surface area (Å²) in [6.07, 6.45) is -0.935. The average molecular weight is 315 g/mol. The minimum absolute atomic E-state index is 0.0613. The summed E-state index contributed by atoms with van der Waals surface area (Å²) in [7, 11) is 0. The standard InChI is InChI=1S/C14H16F3N3O2/c15-14(16,17)13(22)20-6-3-10(4-7-20)8-19-12(21)11-2-1-5-18-9-11/h1-2,5,9-10H,3-4,6-8H2,(H,19,21). The monoisotopic (exact) mass is 315 g/mol. The highest BCUT2D eigenvalue weighted by atomic mass is 19.4. The maximum Gasteiger partial charge on any atom is 0.471 e. The number of nitrogens with zero attached hydrogens (tertiary/aromatic N) is 2. The van der Waals surface area contributed by atoms with Gasteiger partial charge in [-0.2, -0.15) is 13.2 Å². The predicted octanol–water partition coefficient (Wildman–Crippen LogP) is 1.61. The van der Waals surface area contributed by atoms with Crippen LogP contribution in [-0.2, 0) is 4.79 Å². The number of amides is 2. The van der Waals surface area contributed by atoms with E-state index in [0.29, 0.717) is 24.9 Å². The van der Waals surface area contributed by atoms with Gasteiger partial charge in [-0.05, 0) is 30.9 Å². The summed E-state index contributed by atoms with van der Waals surface area (Å²) in [5, 5.41) is 2.74. The quantitative estimate of drug-likeness (QED) is 0.922. The number of hydrogen-bond donors (Lipinski definition) is 1. The molecule has 2 amide bonds. The Labute approximate surface area is 125 Å². The van der Waals surface area contributed by atoms with Crippen LogP contribution in [0.15, 0.2) is 24.5 Å². The van der Waals surface area contributed by atoms with Gasteiger partial charge < -0.3 is 10.2 Å². The van der Waals surface area contributed by atoms with Gasteiger partial charge >= 0.3 is 12.1 Å². The van der Waals surface area contributed by atoms with E-state index in [1.807, 2.05) is 0 Å². The summed E-state index contributed by atoms with van der Waals surface area (Å²) in [6, 6.07) is 3.28. The zero-order valence-corrected chi connectivity index (χ0v) is 11.8. The molecule has 0 saturated carbocycles. The number of hydrogen-bond acceptors (Lipinski definition) is 3. The molecule has 1 N–H and O–H groups in total. The first-order chi connectivity index (χ1) is 10.4. The smallest absolute Gasteiger partial charge is 0.352 e.